The van der Waals surface area contributed by atoms with Gasteiger partial charge >= 0.3 is 0 Å². The van der Waals surface area contributed by atoms with Gasteiger partial charge in [0.25, 0.3) is 0 Å². The van der Waals surface area contributed by atoms with Crippen LogP contribution in [-0.4, -0.2) is 36.8 Å². The summed E-state index contributed by atoms with van der Waals surface area (Å²) in [5.41, 5.74) is 0.699. The van der Waals surface area contributed by atoms with Crippen molar-refractivity contribution >= 4 is 37.4 Å². The predicted octanol–water partition coefficient (Wildman–Crippen LogP) is 2.86. The van der Waals surface area contributed by atoms with E-state index >= 15 is 0 Å². The van der Waals surface area contributed by atoms with Gasteiger partial charge in [-0.2, -0.15) is 0 Å². The van der Waals surface area contributed by atoms with Gasteiger partial charge in [-0.25, -0.2) is 22.7 Å². The molecule has 0 aliphatic heterocycles. The van der Waals surface area contributed by atoms with E-state index in [1.807, 2.05) is 19.1 Å². The second-order valence-corrected chi connectivity index (χ2v) is 8.90. The smallest absolute Gasteiger partial charge is 0.242 e. The first kappa shape index (κ1) is 16.8. The number of thiophene rings is 1. The van der Waals surface area contributed by atoms with Gasteiger partial charge < -0.3 is 5.32 Å². The molecule has 1 N–H and O–H groups in total. The molecule has 0 radical (unpaired) electrons. The van der Waals surface area contributed by atoms with Gasteiger partial charge in [0, 0.05) is 25.5 Å². The average Bonchev–Trinajstić information content (AvgIpc) is 2.93. The normalized spacial score (nSPS) is 12.0. The molecule has 1 aromatic carbocycles. The molecule has 0 saturated heterocycles. The number of nitrogens with one attached hydrogen (secondary N) is 1. The van der Waals surface area contributed by atoms with E-state index in [-0.39, 0.29) is 0 Å². The van der Waals surface area contributed by atoms with Gasteiger partial charge in [-0.15, -0.1) is 11.3 Å². The van der Waals surface area contributed by atoms with E-state index in [2.05, 4.69) is 15.3 Å². The number of benzene rings is 1. The predicted molar refractivity (Wildman–Crippen MR) is 96.8 cm³/mol. The first-order valence-corrected chi connectivity index (χ1v) is 9.60. The van der Waals surface area contributed by atoms with E-state index < -0.39 is 10.0 Å². The first-order valence-electron chi connectivity index (χ1n) is 7.35. The molecule has 3 rings (SSSR count). The molecule has 0 aliphatic rings. The highest BCUT2D eigenvalue weighted by Gasteiger charge is 2.20. The Hall–Kier alpha value is -2.03. The molecule has 0 bridgehead atoms. The molecule has 0 aliphatic carbocycles. The number of hydrogen-bond donors (Lipinski definition) is 1. The van der Waals surface area contributed by atoms with Crippen LogP contribution in [-0.2, 0) is 16.6 Å². The Kier molecular flexibility index (Phi) is 4.53. The van der Waals surface area contributed by atoms with Crippen LogP contribution in [0.25, 0.3) is 10.2 Å². The van der Waals surface area contributed by atoms with E-state index in [4.69, 9.17) is 0 Å². The molecule has 0 spiro atoms. The molecule has 8 heteroatoms. The molecule has 126 valence electrons. The Labute approximate surface area is 145 Å². The summed E-state index contributed by atoms with van der Waals surface area (Å²) in [5.74, 6) is 0.710. The summed E-state index contributed by atoms with van der Waals surface area (Å²) >= 11 is 1.61. The lowest BCUT2D eigenvalue weighted by Crippen LogP contribution is -2.23. The maximum Gasteiger partial charge on any atom is 0.242 e. The van der Waals surface area contributed by atoms with Gasteiger partial charge in [-0.3, -0.25) is 0 Å². The van der Waals surface area contributed by atoms with Gasteiger partial charge in [0.2, 0.25) is 10.0 Å². The van der Waals surface area contributed by atoms with Gasteiger partial charge in [0.05, 0.1) is 10.3 Å². The molecule has 2 heterocycles. The van der Waals surface area contributed by atoms with Crippen molar-refractivity contribution in [2.75, 3.05) is 19.4 Å². The molecule has 0 saturated carbocycles. The molecule has 24 heavy (non-hydrogen) atoms. The zero-order chi connectivity index (χ0) is 17.3. The molecule has 6 nitrogen and oxygen atoms in total. The lowest BCUT2D eigenvalue weighted by molar-refractivity contribution is 0.520. The zero-order valence-electron chi connectivity index (χ0n) is 13.6. The first-order chi connectivity index (χ1) is 11.4. The minimum absolute atomic E-state index is 0.300. The van der Waals surface area contributed by atoms with Crippen LogP contribution in [0.4, 0.5) is 5.82 Å². The zero-order valence-corrected chi connectivity index (χ0v) is 15.3. The molecule has 0 amide bonds. The van der Waals surface area contributed by atoms with Gasteiger partial charge in [-0.1, -0.05) is 18.2 Å². The molecule has 0 unspecified atom stereocenters. The molecular weight excluding hydrogens is 344 g/mol. The summed E-state index contributed by atoms with van der Waals surface area (Å²) < 4.78 is 26.1. The summed E-state index contributed by atoms with van der Waals surface area (Å²) in [7, 11) is -0.429. The lowest BCUT2D eigenvalue weighted by atomic mass is 10.2. The fraction of sp³-hybridized carbons (Fsp3) is 0.250. The number of sulfonamides is 1. The summed E-state index contributed by atoms with van der Waals surface area (Å²) in [6.07, 6.45) is 1.52. The van der Waals surface area contributed by atoms with E-state index in [9.17, 15) is 8.42 Å². The highest BCUT2D eigenvalue weighted by molar-refractivity contribution is 7.89. The highest BCUT2D eigenvalue weighted by atomic mass is 32.2. The number of anilines is 1. The third kappa shape index (κ3) is 3.12. The number of hydrogen-bond acceptors (Lipinski definition) is 6. The summed E-state index contributed by atoms with van der Waals surface area (Å²) in [4.78, 5) is 10.9. The second-order valence-electron chi connectivity index (χ2n) is 5.55. The molecule has 0 atom stereocenters. The number of nitrogens with zero attached hydrogens (tertiary/aromatic N) is 3. The maximum atomic E-state index is 12.5. The van der Waals surface area contributed by atoms with Gasteiger partial charge in [0.1, 0.15) is 17.0 Å². The fourth-order valence-corrected chi connectivity index (χ4v) is 4.36. The third-order valence-corrected chi connectivity index (χ3v) is 6.50. The van der Waals surface area contributed by atoms with Crippen LogP contribution in [0.1, 0.15) is 10.4 Å². The van der Waals surface area contributed by atoms with Crippen LogP contribution in [0.2, 0.25) is 0 Å². The van der Waals surface area contributed by atoms with Crippen LogP contribution in [0.15, 0.2) is 41.6 Å². The monoisotopic (exact) mass is 362 g/mol. The van der Waals surface area contributed by atoms with Crippen LogP contribution in [0.3, 0.4) is 0 Å². The van der Waals surface area contributed by atoms with Crippen molar-refractivity contribution in [1.29, 1.82) is 0 Å². The van der Waals surface area contributed by atoms with Crippen molar-refractivity contribution in [1.82, 2.24) is 14.3 Å². The van der Waals surface area contributed by atoms with Gasteiger partial charge in [-0.05, 0) is 24.6 Å². The quantitative estimate of drug-likeness (QED) is 0.755. The number of aryl methyl sites for hydroxylation is 1. The van der Waals surface area contributed by atoms with E-state index in [1.165, 1.54) is 24.7 Å². The van der Waals surface area contributed by atoms with Crippen molar-refractivity contribution in [3.05, 3.63) is 47.1 Å². The van der Waals surface area contributed by atoms with Crippen molar-refractivity contribution in [2.24, 2.45) is 0 Å². The molecule has 3 aromatic rings. The average molecular weight is 362 g/mol. The second kappa shape index (κ2) is 6.46. The van der Waals surface area contributed by atoms with Crippen molar-refractivity contribution in [2.45, 2.75) is 18.4 Å². The summed E-state index contributed by atoms with van der Waals surface area (Å²) in [6.45, 7) is 2.39. The molecule has 0 fully saturated rings. The Bertz CT molecular complexity index is 981. The Morgan fingerprint density at radius 2 is 1.96 bits per heavy atom. The third-order valence-electron chi connectivity index (χ3n) is 3.63. The van der Waals surface area contributed by atoms with Crippen molar-refractivity contribution in [3.63, 3.8) is 0 Å². The van der Waals surface area contributed by atoms with Crippen molar-refractivity contribution in [3.8, 4) is 0 Å². The standard InChI is InChI=1S/C16H18N4O2S2/c1-11-8-13-15(18-10-19-16(13)23-11)17-9-12-6-4-5-7-14(12)24(21,22)20(2)3/h4-8,10H,9H2,1-3H3,(H,17,18,19). The van der Waals surface area contributed by atoms with Crippen LogP contribution in [0, 0.1) is 6.92 Å². The Morgan fingerprint density at radius 1 is 1.21 bits per heavy atom. The summed E-state index contributed by atoms with van der Waals surface area (Å²) in [6, 6.07) is 9.02. The number of aromatic nitrogens is 2. The Morgan fingerprint density at radius 3 is 2.71 bits per heavy atom. The summed E-state index contributed by atoms with van der Waals surface area (Å²) in [5, 5.41) is 4.19. The largest absolute Gasteiger partial charge is 0.365 e. The SMILES string of the molecule is Cc1cc2c(NCc3ccccc3S(=O)(=O)N(C)C)ncnc2s1. The number of fused-ring (bicyclic) bond motifs is 1. The Balaban J connectivity index is 1.93. The molecular formula is C16H18N4O2S2. The minimum Gasteiger partial charge on any atom is -0.365 e. The number of rotatable bonds is 5. The van der Waals surface area contributed by atoms with Crippen molar-refractivity contribution < 1.29 is 8.42 Å². The van der Waals surface area contributed by atoms with Crippen LogP contribution >= 0.6 is 11.3 Å². The van der Waals surface area contributed by atoms with E-state index in [0.29, 0.717) is 22.8 Å². The molecule has 2 aromatic heterocycles. The fourth-order valence-electron chi connectivity index (χ4n) is 2.39. The highest BCUT2D eigenvalue weighted by Crippen LogP contribution is 2.28. The van der Waals surface area contributed by atoms with Crippen LogP contribution < -0.4 is 5.32 Å². The maximum absolute atomic E-state index is 12.5. The van der Waals surface area contributed by atoms with E-state index in [0.717, 1.165) is 15.1 Å². The van der Waals surface area contributed by atoms with Crippen LogP contribution in [0.5, 0.6) is 0 Å². The van der Waals surface area contributed by atoms with Gasteiger partial charge in [0.15, 0.2) is 0 Å². The van der Waals surface area contributed by atoms with E-state index in [1.54, 1.807) is 29.5 Å². The lowest BCUT2D eigenvalue weighted by Gasteiger charge is -2.15. The topological polar surface area (TPSA) is 75.2 Å². The minimum atomic E-state index is -3.49.